The van der Waals surface area contributed by atoms with Gasteiger partial charge in [0.1, 0.15) is 0 Å². The van der Waals surface area contributed by atoms with Crippen molar-refractivity contribution in [2.75, 3.05) is 31.6 Å². The second-order valence-electron chi connectivity index (χ2n) is 13.1. The van der Waals surface area contributed by atoms with Crippen molar-refractivity contribution in [1.29, 1.82) is 0 Å². The number of H-pyrrole nitrogens is 1. The van der Waals surface area contributed by atoms with E-state index in [1.807, 2.05) is 56.3 Å². The van der Waals surface area contributed by atoms with Crippen LogP contribution >= 0.6 is 0 Å². The molecule has 1 aliphatic rings. The van der Waals surface area contributed by atoms with Crippen LogP contribution in [0.3, 0.4) is 0 Å². The van der Waals surface area contributed by atoms with E-state index in [1.54, 1.807) is 6.08 Å². The number of aryl methyl sites for hydroxylation is 1. The lowest BCUT2D eigenvalue weighted by molar-refractivity contribution is -0.117. The zero-order valence-corrected chi connectivity index (χ0v) is 32.9. The van der Waals surface area contributed by atoms with Gasteiger partial charge in [-0.15, -0.1) is 6.58 Å². The molecule has 2 amide bonds. The van der Waals surface area contributed by atoms with Crippen molar-refractivity contribution in [3.05, 3.63) is 103 Å². The van der Waals surface area contributed by atoms with Crippen molar-refractivity contribution >= 4 is 17.5 Å². The van der Waals surface area contributed by atoms with E-state index >= 15 is 0 Å². The summed E-state index contributed by atoms with van der Waals surface area (Å²) >= 11 is 0. The number of nitrogens with one attached hydrogen (secondary N) is 3. The number of carbonyl (C=O) groups is 2. The standard InChI is InChI=1S/C34H46N4O2.C7H16O.C3H6/c1-7-12-25(6)30-22-32(37-31(30)9-3)26-15-17-27(18-16-26)35-34(40)21-24(5)20-29(13-8-2)38-19-11-14-28(23-38)36-33(39)10-4;1-3-5-7-8-6-4-2;1-3-2/h8,10,13,15-18,20,22,25,28,37H,4-5,7,9,11-12,14,19,21,23H2,1-3,6H3,(H,35,40)(H,36,39);3-7H2,1-2H3;3H,1H2,2H3/b13-8-,29-20+;;. The molecule has 1 aliphatic heterocycles. The number of aromatic nitrogens is 1. The molecule has 0 bridgehead atoms. The van der Waals surface area contributed by atoms with Crippen LogP contribution < -0.4 is 10.6 Å². The molecule has 0 aliphatic carbocycles. The van der Waals surface area contributed by atoms with Gasteiger partial charge in [-0.25, -0.2) is 0 Å². The van der Waals surface area contributed by atoms with Gasteiger partial charge < -0.3 is 25.3 Å². The van der Waals surface area contributed by atoms with Crippen LogP contribution in [0.25, 0.3) is 11.3 Å². The maximum Gasteiger partial charge on any atom is 0.243 e. The summed E-state index contributed by atoms with van der Waals surface area (Å²) in [5, 5.41) is 6.01. The van der Waals surface area contributed by atoms with Crippen LogP contribution in [-0.2, 0) is 20.7 Å². The number of unbranched alkanes of at least 4 members (excludes halogenated alkanes) is 1. The number of rotatable bonds is 18. The Kier molecular flexibility index (Phi) is 23.5. The molecular formula is C44H68N4O3. The molecular weight excluding hydrogens is 633 g/mol. The Hall–Kier alpha value is -4.10. The highest BCUT2D eigenvalue weighted by Crippen LogP contribution is 2.30. The fourth-order valence-electron chi connectivity index (χ4n) is 5.89. The first-order valence-corrected chi connectivity index (χ1v) is 19.1. The molecule has 1 aromatic carbocycles. The Labute approximate surface area is 310 Å². The second-order valence-corrected chi connectivity index (χ2v) is 13.1. The third kappa shape index (κ3) is 17.6. The molecule has 1 saturated heterocycles. The Morgan fingerprint density at radius 2 is 1.76 bits per heavy atom. The van der Waals surface area contributed by atoms with Crippen molar-refractivity contribution in [3.63, 3.8) is 0 Å². The average Bonchev–Trinajstić information content (AvgIpc) is 3.56. The van der Waals surface area contributed by atoms with E-state index in [9.17, 15) is 9.59 Å². The maximum absolute atomic E-state index is 12.8. The molecule has 7 heteroatoms. The van der Waals surface area contributed by atoms with Gasteiger partial charge in [-0.1, -0.05) is 84.9 Å². The molecule has 1 aromatic heterocycles. The zero-order chi connectivity index (χ0) is 38.0. The highest BCUT2D eigenvalue weighted by Gasteiger charge is 2.22. The number of likely N-dealkylation sites (tertiary alicyclic amines) is 1. The molecule has 3 rings (SSSR count). The monoisotopic (exact) mass is 701 g/mol. The lowest BCUT2D eigenvalue weighted by Crippen LogP contribution is -2.46. The van der Waals surface area contributed by atoms with Crippen LogP contribution in [0, 0.1) is 0 Å². The summed E-state index contributed by atoms with van der Waals surface area (Å²) < 4.78 is 5.22. The number of aromatic amines is 1. The van der Waals surface area contributed by atoms with E-state index in [4.69, 9.17) is 4.74 Å². The molecule has 2 aromatic rings. The van der Waals surface area contributed by atoms with Crippen molar-refractivity contribution in [2.24, 2.45) is 0 Å². The number of amides is 2. The number of piperidine rings is 1. The fraction of sp³-hybridized carbons (Fsp3) is 0.500. The molecule has 2 atom stereocenters. The van der Waals surface area contributed by atoms with Gasteiger partial charge in [0.15, 0.2) is 0 Å². The number of allylic oxidation sites excluding steroid dienone is 4. The van der Waals surface area contributed by atoms with Gasteiger partial charge in [-0.2, -0.15) is 0 Å². The minimum Gasteiger partial charge on any atom is -0.381 e. The van der Waals surface area contributed by atoms with Crippen LogP contribution in [0.1, 0.15) is 117 Å². The first-order valence-electron chi connectivity index (χ1n) is 19.1. The van der Waals surface area contributed by atoms with Crippen LogP contribution in [0.2, 0.25) is 0 Å². The van der Waals surface area contributed by atoms with E-state index in [0.29, 0.717) is 12.5 Å². The van der Waals surface area contributed by atoms with E-state index in [-0.39, 0.29) is 24.3 Å². The molecule has 1 fully saturated rings. The molecule has 7 nitrogen and oxygen atoms in total. The van der Waals surface area contributed by atoms with Crippen LogP contribution in [0.4, 0.5) is 5.69 Å². The van der Waals surface area contributed by atoms with E-state index < -0.39 is 0 Å². The quantitative estimate of drug-likeness (QED) is 0.0625. The topological polar surface area (TPSA) is 86.5 Å². The maximum atomic E-state index is 12.8. The summed E-state index contributed by atoms with van der Waals surface area (Å²) in [6.45, 7) is 29.4. The van der Waals surface area contributed by atoms with Gasteiger partial charge in [0, 0.05) is 55.1 Å². The lowest BCUT2D eigenvalue weighted by Gasteiger charge is -2.35. The van der Waals surface area contributed by atoms with Gasteiger partial charge in [-0.05, 0) is 111 Å². The van der Waals surface area contributed by atoms with Crippen molar-refractivity contribution in [2.45, 2.75) is 118 Å². The van der Waals surface area contributed by atoms with Gasteiger partial charge in [0.25, 0.3) is 0 Å². The lowest BCUT2D eigenvalue weighted by atomic mass is 9.95. The van der Waals surface area contributed by atoms with Gasteiger partial charge in [0.05, 0.1) is 6.42 Å². The molecule has 3 N–H and O–H groups in total. The first-order chi connectivity index (χ1) is 24.6. The third-order valence-electron chi connectivity index (χ3n) is 8.41. The Morgan fingerprint density at radius 3 is 2.35 bits per heavy atom. The number of benzene rings is 1. The second kappa shape index (κ2) is 26.7. The highest BCUT2D eigenvalue weighted by atomic mass is 16.5. The SMILES string of the molecule is C=CC.C=CC(=O)NC1CCCN(C(/C=C\C)=C/C(=C)CC(=O)Nc2ccc(-c3cc(C(C)CCC)c(CC)[nH]3)cc2)C1.CCCCOCCC. The predicted molar refractivity (Wildman–Crippen MR) is 219 cm³/mol. The first kappa shape index (κ1) is 44.9. The summed E-state index contributed by atoms with van der Waals surface area (Å²) in [7, 11) is 0. The number of anilines is 1. The summed E-state index contributed by atoms with van der Waals surface area (Å²) in [6, 6.07) is 10.3. The van der Waals surface area contributed by atoms with Gasteiger partial charge in [-0.3, -0.25) is 9.59 Å². The Bertz CT molecular complexity index is 1380. The van der Waals surface area contributed by atoms with E-state index in [1.165, 1.54) is 43.0 Å². The van der Waals surface area contributed by atoms with E-state index in [0.717, 1.165) is 73.7 Å². The molecule has 2 heterocycles. The minimum atomic E-state index is -0.151. The largest absolute Gasteiger partial charge is 0.381 e. The molecule has 0 spiro atoms. The number of ether oxygens (including phenoxy) is 1. The van der Waals surface area contributed by atoms with Crippen LogP contribution in [-0.4, -0.2) is 54.0 Å². The predicted octanol–water partition coefficient (Wildman–Crippen LogP) is 10.7. The van der Waals surface area contributed by atoms with Gasteiger partial charge in [0.2, 0.25) is 11.8 Å². The number of nitrogens with zero attached hydrogens (tertiary/aromatic N) is 1. The zero-order valence-electron chi connectivity index (χ0n) is 32.9. The Balaban J connectivity index is 0.00000103. The molecule has 0 saturated carbocycles. The summed E-state index contributed by atoms with van der Waals surface area (Å²) in [6.07, 6.45) is 18.1. The number of carbonyl (C=O) groups excluding carboxylic acids is 2. The van der Waals surface area contributed by atoms with Gasteiger partial charge >= 0.3 is 0 Å². The third-order valence-corrected chi connectivity index (χ3v) is 8.41. The Morgan fingerprint density at radius 1 is 1.06 bits per heavy atom. The van der Waals surface area contributed by atoms with Crippen LogP contribution in [0.5, 0.6) is 0 Å². The fourth-order valence-corrected chi connectivity index (χ4v) is 5.89. The van der Waals surface area contributed by atoms with Crippen molar-refractivity contribution in [1.82, 2.24) is 15.2 Å². The molecule has 2 unspecified atom stereocenters. The summed E-state index contributed by atoms with van der Waals surface area (Å²) in [5.41, 5.74) is 7.42. The summed E-state index contributed by atoms with van der Waals surface area (Å²) in [4.78, 5) is 30.4. The molecule has 0 radical (unpaired) electrons. The summed E-state index contributed by atoms with van der Waals surface area (Å²) in [5.74, 6) is 0.281. The van der Waals surface area contributed by atoms with E-state index in [2.05, 4.69) is 80.9 Å². The average molecular weight is 701 g/mol. The smallest absolute Gasteiger partial charge is 0.243 e. The molecule has 282 valence electrons. The minimum absolute atomic E-state index is 0.0679. The van der Waals surface area contributed by atoms with Crippen LogP contribution in [0.15, 0.2) is 91.7 Å². The number of hydrogen-bond acceptors (Lipinski definition) is 4. The highest BCUT2D eigenvalue weighted by molar-refractivity contribution is 5.92. The molecule has 51 heavy (non-hydrogen) atoms. The van der Waals surface area contributed by atoms with Crippen molar-refractivity contribution in [3.8, 4) is 11.3 Å². The van der Waals surface area contributed by atoms with Crippen molar-refractivity contribution < 1.29 is 14.3 Å². The normalized spacial score (nSPS) is 14.8. The number of hydrogen-bond donors (Lipinski definition) is 3.